The maximum absolute atomic E-state index is 13.3. The van der Waals surface area contributed by atoms with Gasteiger partial charge in [-0.05, 0) is 31.5 Å². The number of carbonyl (C=O) groups is 1. The van der Waals surface area contributed by atoms with E-state index in [0.29, 0.717) is 13.2 Å². The van der Waals surface area contributed by atoms with Crippen molar-refractivity contribution < 1.29 is 19.0 Å². The highest BCUT2D eigenvalue weighted by Crippen LogP contribution is 2.17. The zero-order valence-corrected chi connectivity index (χ0v) is 11.1. The van der Waals surface area contributed by atoms with Crippen molar-refractivity contribution in [1.29, 1.82) is 0 Å². The standard InChI is InChI=1S/C14H18FNO3/c1-9-8-19-10(2)6-16(9)7-11-3-4-13(15)12(5-11)14(17)18/h3-5,9-10H,6-8H2,1-2H3,(H,17,18). The second-order valence-electron chi connectivity index (χ2n) is 5.04. The highest BCUT2D eigenvalue weighted by Gasteiger charge is 2.23. The zero-order valence-electron chi connectivity index (χ0n) is 11.1. The van der Waals surface area contributed by atoms with Crippen molar-refractivity contribution in [2.45, 2.75) is 32.5 Å². The summed E-state index contributed by atoms with van der Waals surface area (Å²) < 4.78 is 18.9. The molecule has 1 aromatic carbocycles. The lowest BCUT2D eigenvalue weighted by Gasteiger charge is -2.36. The molecule has 1 aromatic rings. The van der Waals surface area contributed by atoms with Gasteiger partial charge >= 0.3 is 5.97 Å². The molecule has 2 rings (SSSR count). The normalized spacial score (nSPS) is 24.4. The number of hydrogen-bond acceptors (Lipinski definition) is 3. The number of halogens is 1. The van der Waals surface area contributed by atoms with Crippen LogP contribution in [0.4, 0.5) is 4.39 Å². The predicted octanol–water partition coefficient (Wildman–Crippen LogP) is 2.13. The number of carboxylic acid groups (broad SMARTS) is 1. The number of nitrogens with zero attached hydrogens (tertiary/aromatic N) is 1. The minimum absolute atomic E-state index is 0.163. The van der Waals surface area contributed by atoms with Gasteiger partial charge in [-0.25, -0.2) is 9.18 Å². The first-order valence-electron chi connectivity index (χ1n) is 6.34. The Labute approximate surface area is 111 Å². The van der Waals surface area contributed by atoms with Crippen LogP contribution in [-0.2, 0) is 11.3 Å². The number of hydrogen-bond donors (Lipinski definition) is 1. The highest BCUT2D eigenvalue weighted by atomic mass is 19.1. The smallest absolute Gasteiger partial charge is 0.338 e. The van der Waals surface area contributed by atoms with Crippen LogP contribution in [0, 0.1) is 5.82 Å². The first kappa shape index (κ1) is 14.0. The van der Waals surface area contributed by atoms with Gasteiger partial charge in [0.05, 0.1) is 18.3 Å². The van der Waals surface area contributed by atoms with Crippen LogP contribution in [0.1, 0.15) is 29.8 Å². The molecule has 1 N–H and O–H groups in total. The molecule has 5 heteroatoms. The van der Waals surface area contributed by atoms with Crippen molar-refractivity contribution in [2.75, 3.05) is 13.2 Å². The molecule has 1 aliphatic rings. The van der Waals surface area contributed by atoms with Crippen LogP contribution in [-0.4, -0.2) is 41.3 Å². The highest BCUT2D eigenvalue weighted by molar-refractivity contribution is 5.88. The van der Waals surface area contributed by atoms with Crippen molar-refractivity contribution in [2.24, 2.45) is 0 Å². The minimum atomic E-state index is -1.23. The summed E-state index contributed by atoms with van der Waals surface area (Å²) in [4.78, 5) is 13.1. The van der Waals surface area contributed by atoms with Crippen LogP contribution in [0.15, 0.2) is 18.2 Å². The molecule has 0 amide bonds. The molecule has 0 aliphatic carbocycles. The van der Waals surface area contributed by atoms with Gasteiger partial charge in [0.2, 0.25) is 0 Å². The van der Waals surface area contributed by atoms with Gasteiger partial charge < -0.3 is 9.84 Å². The molecule has 1 heterocycles. The van der Waals surface area contributed by atoms with Gasteiger partial charge in [-0.2, -0.15) is 0 Å². The third-order valence-corrected chi connectivity index (χ3v) is 3.38. The van der Waals surface area contributed by atoms with Crippen molar-refractivity contribution in [1.82, 2.24) is 4.90 Å². The van der Waals surface area contributed by atoms with E-state index in [0.717, 1.165) is 12.1 Å². The molecule has 0 radical (unpaired) electrons. The van der Waals surface area contributed by atoms with Crippen LogP contribution >= 0.6 is 0 Å². The third-order valence-electron chi connectivity index (χ3n) is 3.38. The van der Waals surface area contributed by atoms with Crippen LogP contribution in [0.25, 0.3) is 0 Å². The average Bonchev–Trinajstić information content (AvgIpc) is 2.36. The van der Waals surface area contributed by atoms with E-state index < -0.39 is 11.8 Å². The first-order valence-corrected chi connectivity index (χ1v) is 6.34. The molecular formula is C14H18FNO3. The number of aromatic carboxylic acids is 1. The fourth-order valence-corrected chi connectivity index (χ4v) is 2.26. The van der Waals surface area contributed by atoms with Crippen LogP contribution in [0.3, 0.4) is 0 Å². The average molecular weight is 267 g/mol. The summed E-state index contributed by atoms with van der Waals surface area (Å²) in [5.74, 6) is -1.93. The molecule has 0 saturated carbocycles. The Bertz CT molecular complexity index is 478. The fraction of sp³-hybridized carbons (Fsp3) is 0.500. The predicted molar refractivity (Wildman–Crippen MR) is 68.6 cm³/mol. The third kappa shape index (κ3) is 3.30. The molecule has 2 atom stereocenters. The molecule has 1 fully saturated rings. The van der Waals surface area contributed by atoms with E-state index >= 15 is 0 Å². The van der Waals surface area contributed by atoms with Crippen molar-refractivity contribution in [3.63, 3.8) is 0 Å². The molecule has 0 spiro atoms. The molecule has 104 valence electrons. The van der Waals surface area contributed by atoms with Gasteiger partial charge in [0, 0.05) is 19.1 Å². The van der Waals surface area contributed by atoms with Gasteiger partial charge in [0.15, 0.2) is 0 Å². The molecule has 4 nitrogen and oxygen atoms in total. The van der Waals surface area contributed by atoms with Gasteiger partial charge in [-0.1, -0.05) is 6.07 Å². The Morgan fingerprint density at radius 1 is 1.53 bits per heavy atom. The summed E-state index contributed by atoms with van der Waals surface area (Å²) in [6.45, 7) is 6.13. The molecule has 1 aliphatic heterocycles. The molecular weight excluding hydrogens is 249 g/mol. The van der Waals surface area contributed by atoms with E-state index in [1.165, 1.54) is 12.1 Å². The SMILES string of the molecule is CC1CN(Cc2ccc(F)c(C(=O)O)c2)C(C)CO1. The quantitative estimate of drug-likeness (QED) is 0.911. The van der Waals surface area contributed by atoms with Gasteiger partial charge in [-0.15, -0.1) is 0 Å². The second kappa shape index (κ2) is 5.67. The number of carboxylic acids is 1. The van der Waals surface area contributed by atoms with Gasteiger partial charge in [0.25, 0.3) is 0 Å². The van der Waals surface area contributed by atoms with E-state index in [4.69, 9.17) is 9.84 Å². The van der Waals surface area contributed by atoms with Crippen LogP contribution in [0.2, 0.25) is 0 Å². The van der Waals surface area contributed by atoms with Crippen molar-refractivity contribution in [3.05, 3.63) is 35.1 Å². The second-order valence-corrected chi connectivity index (χ2v) is 5.04. The minimum Gasteiger partial charge on any atom is -0.478 e. The van der Waals surface area contributed by atoms with E-state index in [2.05, 4.69) is 11.8 Å². The summed E-state index contributed by atoms with van der Waals surface area (Å²) in [5.41, 5.74) is 0.534. The number of rotatable bonds is 3. The maximum atomic E-state index is 13.3. The Morgan fingerprint density at radius 3 is 2.95 bits per heavy atom. The fourth-order valence-electron chi connectivity index (χ4n) is 2.26. The zero-order chi connectivity index (χ0) is 14.0. The summed E-state index contributed by atoms with van der Waals surface area (Å²) in [7, 11) is 0. The molecule has 1 saturated heterocycles. The molecule has 0 aromatic heterocycles. The van der Waals surface area contributed by atoms with Crippen LogP contribution in [0.5, 0.6) is 0 Å². The van der Waals surface area contributed by atoms with Crippen molar-refractivity contribution in [3.8, 4) is 0 Å². The first-order chi connectivity index (χ1) is 8.97. The molecule has 2 unspecified atom stereocenters. The summed E-state index contributed by atoms with van der Waals surface area (Å²) >= 11 is 0. The Morgan fingerprint density at radius 2 is 2.26 bits per heavy atom. The number of morpholine rings is 1. The van der Waals surface area contributed by atoms with E-state index in [1.807, 2.05) is 6.92 Å². The Balaban J connectivity index is 2.14. The summed E-state index contributed by atoms with van der Waals surface area (Å²) in [6.07, 6.45) is 0.163. The van der Waals surface area contributed by atoms with E-state index in [1.54, 1.807) is 6.07 Å². The largest absolute Gasteiger partial charge is 0.478 e. The lowest BCUT2D eigenvalue weighted by Crippen LogP contribution is -2.46. The maximum Gasteiger partial charge on any atom is 0.338 e. The Kier molecular flexibility index (Phi) is 4.17. The lowest BCUT2D eigenvalue weighted by atomic mass is 10.1. The lowest BCUT2D eigenvalue weighted by molar-refractivity contribution is -0.0526. The topological polar surface area (TPSA) is 49.8 Å². The summed E-state index contributed by atoms with van der Waals surface area (Å²) in [5, 5.41) is 8.92. The Hall–Kier alpha value is -1.46. The van der Waals surface area contributed by atoms with Gasteiger partial charge in [-0.3, -0.25) is 4.90 Å². The molecule has 19 heavy (non-hydrogen) atoms. The van der Waals surface area contributed by atoms with Crippen molar-refractivity contribution >= 4 is 5.97 Å². The van der Waals surface area contributed by atoms with E-state index in [-0.39, 0.29) is 17.7 Å². The monoisotopic (exact) mass is 267 g/mol. The number of ether oxygens (including phenoxy) is 1. The van der Waals surface area contributed by atoms with Crippen LogP contribution < -0.4 is 0 Å². The van der Waals surface area contributed by atoms with E-state index in [9.17, 15) is 9.18 Å². The van der Waals surface area contributed by atoms with Gasteiger partial charge in [0.1, 0.15) is 5.82 Å². The number of benzene rings is 1. The molecule has 0 bridgehead atoms. The summed E-state index contributed by atoms with van der Waals surface area (Å²) in [6, 6.07) is 4.53.